The van der Waals surface area contributed by atoms with Gasteiger partial charge in [-0.2, -0.15) is 0 Å². The second-order valence-electron chi connectivity index (χ2n) is 8.33. The van der Waals surface area contributed by atoms with Crippen LogP contribution in [0.2, 0.25) is 0 Å². The summed E-state index contributed by atoms with van der Waals surface area (Å²) in [6.45, 7) is -0.0122. The molecule has 1 nitrogen and oxygen atoms in total. The second-order valence-corrected chi connectivity index (χ2v) is 8.33. The molecule has 25 heavy (non-hydrogen) atoms. The molecule has 0 heterocycles. The zero-order valence-corrected chi connectivity index (χ0v) is 15.8. The van der Waals surface area contributed by atoms with Crippen LogP contribution in [-0.4, -0.2) is 11.1 Å². The molecule has 0 aliphatic carbocycles. The fourth-order valence-electron chi connectivity index (χ4n) is 3.56. The number of nitrogens with zero attached hydrogens (tertiary/aromatic N) is 1. The maximum Gasteiger partial charge on any atom is 0.0434 e. The zero-order chi connectivity index (χ0) is 29.2. The average molecular weight is 350 g/mol. The minimum absolute atomic E-state index is 0.00514. The molecule has 136 valence electrons. The van der Waals surface area contributed by atoms with Crippen molar-refractivity contribution in [1.29, 1.82) is 0 Å². The lowest BCUT2D eigenvalue weighted by Gasteiger charge is -2.49. The van der Waals surface area contributed by atoms with E-state index < -0.39 is 38.5 Å². The molecule has 0 saturated carbocycles. The average Bonchev–Trinajstić information content (AvgIpc) is 2.62. The molecule has 2 aromatic carbocycles. The van der Waals surface area contributed by atoms with E-state index in [1.807, 2.05) is 41.5 Å². The Bertz CT molecular complexity index is 1060. The lowest BCUT2D eigenvalue weighted by molar-refractivity contribution is 0.379. The molecule has 2 rings (SSSR count). The van der Waals surface area contributed by atoms with Gasteiger partial charge in [0.1, 0.15) is 0 Å². The molecule has 0 radical (unpaired) electrons. The van der Waals surface area contributed by atoms with Crippen LogP contribution in [0.5, 0.6) is 0 Å². The minimum Gasteiger partial charge on any atom is -0.361 e. The van der Waals surface area contributed by atoms with Gasteiger partial charge in [-0.15, -0.1) is 0 Å². The van der Waals surface area contributed by atoms with Crippen LogP contribution in [0.3, 0.4) is 0 Å². The first-order valence-electron chi connectivity index (χ1n) is 14.3. The highest BCUT2D eigenvalue weighted by Gasteiger charge is 2.33. The summed E-state index contributed by atoms with van der Waals surface area (Å²) >= 11 is 0. The van der Waals surface area contributed by atoms with Gasteiger partial charge in [0.25, 0.3) is 0 Å². The summed E-state index contributed by atoms with van der Waals surface area (Å²) in [5.74, 6) is 0. The molecule has 1 heteroatoms. The standard InChI is InChI=1S/C24H35N/c1-16-12-11-13-17(2)21(16)20-14-18(3)22(19(4)15-20)25(23(5,6)7)24(8,9)10/h11-15H,1-10H3/i1D3,2D3,3D3,4D3. The van der Waals surface area contributed by atoms with E-state index in [2.05, 4.69) is 0 Å². The van der Waals surface area contributed by atoms with E-state index in [0.717, 1.165) is 0 Å². The fourth-order valence-corrected chi connectivity index (χ4v) is 3.56. The smallest absolute Gasteiger partial charge is 0.0434 e. The van der Waals surface area contributed by atoms with Crippen molar-refractivity contribution < 1.29 is 16.4 Å². The second kappa shape index (κ2) is 6.52. The van der Waals surface area contributed by atoms with Gasteiger partial charge in [0.15, 0.2) is 0 Å². The minimum atomic E-state index is -2.80. The van der Waals surface area contributed by atoms with Crippen molar-refractivity contribution >= 4 is 5.69 Å². The fraction of sp³-hybridized carbons (Fsp3) is 0.500. The highest BCUT2D eigenvalue weighted by atomic mass is 15.2. The van der Waals surface area contributed by atoms with Crippen LogP contribution in [0.1, 0.15) is 80.2 Å². The summed E-state index contributed by atoms with van der Waals surface area (Å²) in [7, 11) is 0. The number of rotatable bonds is 2. The maximum atomic E-state index is 8.33. The summed E-state index contributed by atoms with van der Waals surface area (Å²) in [5.41, 5.74) is -2.89. The molecule has 0 N–H and O–H groups in total. The van der Waals surface area contributed by atoms with Gasteiger partial charge < -0.3 is 4.90 Å². The van der Waals surface area contributed by atoms with Crippen LogP contribution < -0.4 is 4.90 Å². The van der Waals surface area contributed by atoms with Gasteiger partial charge in [0.05, 0.1) is 0 Å². The van der Waals surface area contributed by atoms with Crippen LogP contribution >= 0.6 is 0 Å². The number of hydrogen-bond donors (Lipinski definition) is 0. The number of hydrogen-bond acceptors (Lipinski definition) is 1. The normalized spacial score (nSPS) is 21.5. The molecule has 0 amide bonds. The summed E-state index contributed by atoms with van der Waals surface area (Å²) in [6.07, 6.45) is 0. The Labute approximate surface area is 171 Å². The number of anilines is 1. The van der Waals surface area contributed by atoms with Gasteiger partial charge >= 0.3 is 0 Å². The Morgan fingerprint density at radius 1 is 0.720 bits per heavy atom. The predicted molar refractivity (Wildman–Crippen MR) is 113 cm³/mol. The Balaban J connectivity index is 3.27. The van der Waals surface area contributed by atoms with E-state index >= 15 is 0 Å². The van der Waals surface area contributed by atoms with Gasteiger partial charge in [0.2, 0.25) is 0 Å². The molecule has 0 unspecified atom stereocenters. The molecule has 0 aromatic heterocycles. The first-order chi connectivity index (χ1) is 16.2. The van der Waals surface area contributed by atoms with Crippen LogP contribution in [0.15, 0.2) is 30.3 Å². The Hall–Kier alpha value is -1.76. The topological polar surface area (TPSA) is 3.24 Å². The first-order valence-corrected chi connectivity index (χ1v) is 8.32. The number of aryl methyl sites for hydroxylation is 4. The van der Waals surface area contributed by atoms with Crippen LogP contribution in [0, 0.1) is 27.4 Å². The van der Waals surface area contributed by atoms with Crippen LogP contribution in [-0.2, 0) is 0 Å². The summed E-state index contributed by atoms with van der Waals surface area (Å²) < 4.78 is 98.0. The lowest BCUT2D eigenvalue weighted by Crippen LogP contribution is -2.53. The predicted octanol–water partition coefficient (Wildman–Crippen LogP) is 6.99. The Morgan fingerprint density at radius 2 is 1.16 bits per heavy atom. The van der Waals surface area contributed by atoms with Gasteiger partial charge in [0, 0.05) is 33.2 Å². The van der Waals surface area contributed by atoms with Crippen molar-refractivity contribution in [3.8, 4) is 11.1 Å². The van der Waals surface area contributed by atoms with E-state index in [9.17, 15) is 0 Å². The molecule has 2 aromatic rings. The molecule has 0 aliphatic rings. The Kier molecular flexibility index (Phi) is 2.28. The summed E-state index contributed by atoms with van der Waals surface area (Å²) in [6, 6.07) is 6.28. The van der Waals surface area contributed by atoms with Crippen molar-refractivity contribution in [2.24, 2.45) is 0 Å². The lowest BCUT2D eigenvalue weighted by atomic mass is 9.89. The summed E-state index contributed by atoms with van der Waals surface area (Å²) in [5, 5.41) is 0. The van der Waals surface area contributed by atoms with Gasteiger partial charge in [-0.05, 0) is 114 Å². The molecule has 0 aliphatic heterocycles. The van der Waals surface area contributed by atoms with Crippen molar-refractivity contribution in [2.75, 3.05) is 4.90 Å². The van der Waals surface area contributed by atoms with Gasteiger partial charge in [-0.1, -0.05) is 18.2 Å². The highest BCUT2D eigenvalue weighted by Crippen LogP contribution is 2.39. The molecule has 0 fully saturated rings. The third-order valence-corrected chi connectivity index (χ3v) is 4.03. The Morgan fingerprint density at radius 3 is 1.52 bits per heavy atom. The van der Waals surface area contributed by atoms with Gasteiger partial charge in [-0.3, -0.25) is 0 Å². The molecule has 0 saturated heterocycles. The largest absolute Gasteiger partial charge is 0.361 e. The first kappa shape index (κ1) is 8.75. The maximum absolute atomic E-state index is 8.33. The van der Waals surface area contributed by atoms with Crippen LogP contribution in [0.4, 0.5) is 5.69 Å². The van der Waals surface area contributed by atoms with Crippen molar-refractivity contribution in [3.63, 3.8) is 0 Å². The third-order valence-electron chi connectivity index (χ3n) is 4.03. The quantitative estimate of drug-likeness (QED) is 0.564. The molecule has 0 bridgehead atoms. The van der Waals surface area contributed by atoms with Crippen molar-refractivity contribution in [2.45, 2.75) is 80.0 Å². The van der Waals surface area contributed by atoms with Crippen molar-refractivity contribution in [1.82, 2.24) is 0 Å². The SMILES string of the molecule is [2H]C([2H])([2H])c1cccc(C([2H])([2H])[2H])c1-c1cc(C([2H])([2H])[2H])c(N(C(C)(C)C)C(C)(C)C)c(C([2H])([2H])[2H])c1. The van der Waals surface area contributed by atoms with E-state index in [1.165, 1.54) is 30.3 Å². The summed E-state index contributed by atoms with van der Waals surface area (Å²) in [4.78, 5) is 1.74. The molecular weight excluding hydrogens is 302 g/mol. The molecule has 0 spiro atoms. The zero-order valence-electron chi connectivity index (χ0n) is 27.8. The van der Waals surface area contributed by atoms with Gasteiger partial charge in [-0.25, -0.2) is 0 Å². The van der Waals surface area contributed by atoms with E-state index in [4.69, 9.17) is 16.4 Å². The van der Waals surface area contributed by atoms with Crippen molar-refractivity contribution in [3.05, 3.63) is 52.6 Å². The van der Waals surface area contributed by atoms with E-state index in [0.29, 0.717) is 0 Å². The molecular formula is C24H35N. The number of benzene rings is 2. The monoisotopic (exact) mass is 349 g/mol. The van der Waals surface area contributed by atoms with E-state index in [1.54, 1.807) is 4.90 Å². The van der Waals surface area contributed by atoms with E-state index in [-0.39, 0.29) is 39.1 Å². The third kappa shape index (κ3) is 3.92. The van der Waals surface area contributed by atoms with Crippen LogP contribution in [0.25, 0.3) is 11.1 Å². The molecule has 0 atom stereocenters. The highest BCUT2D eigenvalue weighted by molar-refractivity contribution is 5.76.